The van der Waals surface area contributed by atoms with Crippen molar-refractivity contribution in [2.75, 3.05) is 12.3 Å². The van der Waals surface area contributed by atoms with Crippen molar-refractivity contribution < 1.29 is 24.6 Å². The zero-order valence-electron chi connectivity index (χ0n) is 11.3. The summed E-state index contributed by atoms with van der Waals surface area (Å²) >= 11 is 1.79. The number of urea groups is 1. The number of nitrogens with one attached hydrogen (secondary N) is 2. The highest BCUT2D eigenvalue weighted by Crippen LogP contribution is 2.36. The second-order valence-electron chi connectivity index (χ2n) is 5.05. The van der Waals surface area contributed by atoms with Gasteiger partial charge in [0.1, 0.15) is 6.04 Å². The molecule has 114 valence electrons. The van der Waals surface area contributed by atoms with E-state index < -0.39 is 24.0 Å². The molecule has 0 aromatic carbocycles. The number of carbonyl (C=O) groups is 3. The quantitative estimate of drug-likeness (QED) is 0.555. The molecule has 2 atom stereocenters. The highest BCUT2D eigenvalue weighted by atomic mass is 32.2. The van der Waals surface area contributed by atoms with Gasteiger partial charge in [-0.05, 0) is 31.9 Å². The molecule has 1 aliphatic rings. The van der Waals surface area contributed by atoms with Crippen LogP contribution in [0, 0.1) is 0 Å². The SMILES string of the molecule is CC1(CNC(=O)N[C@@H](CCC(=O)O)C(=O)O)CCCS1. The predicted octanol–water partition coefficient (Wildman–Crippen LogP) is 0.889. The van der Waals surface area contributed by atoms with Gasteiger partial charge in [-0.2, -0.15) is 11.8 Å². The molecule has 2 amide bonds. The summed E-state index contributed by atoms with van der Waals surface area (Å²) in [5.74, 6) is -1.26. The molecule has 4 N–H and O–H groups in total. The molecule has 1 aliphatic heterocycles. The summed E-state index contributed by atoms with van der Waals surface area (Å²) in [5, 5.41) is 22.4. The summed E-state index contributed by atoms with van der Waals surface area (Å²) < 4.78 is -0.00285. The summed E-state index contributed by atoms with van der Waals surface area (Å²) in [6.07, 6.45) is 1.69. The first kappa shape index (κ1) is 16.6. The van der Waals surface area contributed by atoms with Crippen molar-refractivity contribution in [1.82, 2.24) is 10.6 Å². The number of rotatable bonds is 7. The van der Waals surface area contributed by atoms with Gasteiger partial charge in [0.15, 0.2) is 0 Å². The summed E-state index contributed by atoms with van der Waals surface area (Å²) in [6.45, 7) is 2.53. The molecule has 1 unspecified atom stereocenters. The van der Waals surface area contributed by atoms with E-state index in [0.717, 1.165) is 18.6 Å². The Balaban J connectivity index is 2.37. The first-order valence-corrected chi connectivity index (χ1v) is 7.44. The van der Waals surface area contributed by atoms with Crippen LogP contribution in [0.15, 0.2) is 0 Å². The van der Waals surface area contributed by atoms with Crippen molar-refractivity contribution in [3.8, 4) is 0 Å². The van der Waals surface area contributed by atoms with E-state index in [1.54, 1.807) is 11.8 Å². The molecule has 0 saturated carbocycles. The Morgan fingerprint density at radius 1 is 1.35 bits per heavy atom. The lowest BCUT2D eigenvalue weighted by atomic mass is 10.1. The minimum Gasteiger partial charge on any atom is -0.481 e. The third kappa shape index (κ3) is 5.68. The Bertz CT molecular complexity index is 382. The topological polar surface area (TPSA) is 116 Å². The lowest BCUT2D eigenvalue weighted by Crippen LogP contribution is -2.48. The average Bonchev–Trinajstić information content (AvgIpc) is 2.79. The monoisotopic (exact) mass is 304 g/mol. The molecule has 0 aromatic rings. The molecule has 0 aromatic heterocycles. The van der Waals surface area contributed by atoms with E-state index in [-0.39, 0.29) is 17.6 Å². The first-order chi connectivity index (χ1) is 9.32. The van der Waals surface area contributed by atoms with E-state index in [0.29, 0.717) is 6.54 Å². The third-order valence-corrected chi connectivity index (χ3v) is 4.71. The highest BCUT2D eigenvalue weighted by Gasteiger charge is 2.30. The Hall–Kier alpha value is -1.44. The van der Waals surface area contributed by atoms with Crippen molar-refractivity contribution in [3.63, 3.8) is 0 Å². The summed E-state index contributed by atoms with van der Waals surface area (Å²) in [4.78, 5) is 33.0. The summed E-state index contributed by atoms with van der Waals surface area (Å²) in [5.41, 5.74) is 0. The molecule has 1 saturated heterocycles. The third-order valence-electron chi connectivity index (χ3n) is 3.17. The van der Waals surface area contributed by atoms with E-state index in [4.69, 9.17) is 10.2 Å². The van der Waals surface area contributed by atoms with Gasteiger partial charge in [-0.3, -0.25) is 4.79 Å². The second-order valence-corrected chi connectivity index (χ2v) is 6.73. The molecular weight excluding hydrogens is 284 g/mol. The standard InChI is InChI=1S/C12H20N2O5S/c1-12(5-2-6-20-12)7-13-11(19)14-8(10(17)18)3-4-9(15)16/h8H,2-7H2,1H3,(H,15,16)(H,17,18)(H2,13,14,19)/t8-,12?/m0/s1. The van der Waals surface area contributed by atoms with Crippen LogP contribution in [0.3, 0.4) is 0 Å². The van der Waals surface area contributed by atoms with Crippen LogP contribution in [-0.2, 0) is 9.59 Å². The Labute approximate surface area is 121 Å². The molecule has 0 radical (unpaired) electrons. The highest BCUT2D eigenvalue weighted by molar-refractivity contribution is 8.00. The number of carboxylic acid groups (broad SMARTS) is 2. The summed E-state index contributed by atoms with van der Waals surface area (Å²) in [6, 6.07) is -1.76. The van der Waals surface area contributed by atoms with Crippen LogP contribution < -0.4 is 10.6 Å². The number of amides is 2. The van der Waals surface area contributed by atoms with Gasteiger partial charge in [0, 0.05) is 17.7 Å². The molecule has 20 heavy (non-hydrogen) atoms. The minimum atomic E-state index is -1.23. The maximum atomic E-state index is 11.7. The van der Waals surface area contributed by atoms with E-state index in [1.165, 1.54) is 0 Å². The van der Waals surface area contributed by atoms with Crippen molar-refractivity contribution in [1.29, 1.82) is 0 Å². The van der Waals surface area contributed by atoms with Gasteiger partial charge in [0.2, 0.25) is 0 Å². The van der Waals surface area contributed by atoms with Gasteiger partial charge in [-0.1, -0.05) is 0 Å². The maximum Gasteiger partial charge on any atom is 0.326 e. The van der Waals surface area contributed by atoms with Crippen LogP contribution >= 0.6 is 11.8 Å². The fraction of sp³-hybridized carbons (Fsp3) is 0.750. The van der Waals surface area contributed by atoms with E-state index >= 15 is 0 Å². The van der Waals surface area contributed by atoms with Gasteiger partial charge in [-0.15, -0.1) is 0 Å². The van der Waals surface area contributed by atoms with Crippen molar-refractivity contribution in [2.45, 2.75) is 43.4 Å². The molecule has 1 fully saturated rings. The minimum absolute atomic E-state index is 0.00285. The zero-order valence-corrected chi connectivity index (χ0v) is 12.2. The van der Waals surface area contributed by atoms with Crippen molar-refractivity contribution in [3.05, 3.63) is 0 Å². The molecule has 7 nitrogen and oxygen atoms in total. The molecule has 1 heterocycles. The molecular formula is C12H20N2O5S. The van der Waals surface area contributed by atoms with Crippen molar-refractivity contribution in [2.24, 2.45) is 0 Å². The average molecular weight is 304 g/mol. The predicted molar refractivity (Wildman–Crippen MR) is 74.9 cm³/mol. The zero-order chi connectivity index (χ0) is 15.2. The van der Waals surface area contributed by atoms with Crippen LogP contribution in [0.4, 0.5) is 4.79 Å². The molecule has 0 spiro atoms. The smallest absolute Gasteiger partial charge is 0.326 e. The van der Waals surface area contributed by atoms with E-state index in [2.05, 4.69) is 17.6 Å². The van der Waals surface area contributed by atoms with Gasteiger partial charge in [-0.25, -0.2) is 9.59 Å². The van der Waals surface area contributed by atoms with Gasteiger partial charge >= 0.3 is 18.0 Å². The van der Waals surface area contributed by atoms with Crippen LogP contribution in [0.5, 0.6) is 0 Å². The van der Waals surface area contributed by atoms with Gasteiger partial charge < -0.3 is 20.8 Å². The molecule has 1 rings (SSSR count). The number of aliphatic carboxylic acids is 2. The first-order valence-electron chi connectivity index (χ1n) is 6.45. The molecule has 0 bridgehead atoms. The van der Waals surface area contributed by atoms with E-state index in [1.807, 2.05) is 0 Å². The number of hydrogen-bond donors (Lipinski definition) is 4. The number of thioether (sulfide) groups is 1. The van der Waals surface area contributed by atoms with Gasteiger partial charge in [0.25, 0.3) is 0 Å². The lowest BCUT2D eigenvalue weighted by molar-refractivity contribution is -0.140. The fourth-order valence-electron chi connectivity index (χ4n) is 1.98. The largest absolute Gasteiger partial charge is 0.481 e. The second kappa shape index (κ2) is 7.37. The fourth-order valence-corrected chi connectivity index (χ4v) is 3.22. The van der Waals surface area contributed by atoms with Crippen LogP contribution in [0.1, 0.15) is 32.6 Å². The van der Waals surface area contributed by atoms with Crippen molar-refractivity contribution >= 4 is 29.7 Å². The van der Waals surface area contributed by atoms with Crippen LogP contribution in [0.25, 0.3) is 0 Å². The lowest BCUT2D eigenvalue weighted by Gasteiger charge is -2.23. The number of hydrogen-bond acceptors (Lipinski definition) is 4. The molecule has 0 aliphatic carbocycles. The number of carboxylic acids is 2. The molecule has 8 heteroatoms. The normalized spacial score (nSPS) is 23.1. The Kier molecular flexibility index (Phi) is 6.12. The van der Waals surface area contributed by atoms with E-state index in [9.17, 15) is 14.4 Å². The van der Waals surface area contributed by atoms with Crippen LogP contribution in [-0.4, -0.2) is 51.3 Å². The number of carbonyl (C=O) groups excluding carboxylic acids is 1. The maximum absolute atomic E-state index is 11.7. The van der Waals surface area contributed by atoms with Gasteiger partial charge in [0.05, 0.1) is 0 Å². The summed E-state index contributed by atoms with van der Waals surface area (Å²) in [7, 11) is 0. The Morgan fingerprint density at radius 3 is 2.55 bits per heavy atom. The van der Waals surface area contributed by atoms with Crippen LogP contribution in [0.2, 0.25) is 0 Å². The Morgan fingerprint density at radius 2 is 2.05 bits per heavy atom.